The molecule has 0 bridgehead atoms. The highest BCUT2D eigenvalue weighted by Gasteiger charge is 2.16. The first-order valence-corrected chi connectivity index (χ1v) is 8.20. The largest absolute Gasteiger partial charge is 0.497 e. The number of nitrogens with one attached hydrogen (secondary N) is 1. The number of rotatable bonds is 5. The molecule has 0 aliphatic heterocycles. The summed E-state index contributed by atoms with van der Waals surface area (Å²) >= 11 is 0. The zero-order chi connectivity index (χ0) is 19.6. The Bertz CT molecular complexity index is 1020. The smallest absolute Gasteiger partial charge is 0.248 e. The minimum Gasteiger partial charge on any atom is -0.497 e. The van der Waals surface area contributed by atoms with Crippen LogP contribution in [-0.2, 0) is 0 Å². The lowest BCUT2D eigenvalue weighted by Crippen LogP contribution is -2.15. The van der Waals surface area contributed by atoms with E-state index < -0.39 is 0 Å². The first-order valence-electron chi connectivity index (χ1n) is 8.20. The summed E-state index contributed by atoms with van der Waals surface area (Å²) < 4.78 is 12.4. The number of benzene rings is 2. The molecule has 0 saturated carbocycles. The standard InChI is InChI=1S/C18H19BN6O2/c1-10-14(26-2)8-13(15(19)16(10)27-3)22-18-23-17(21)25(24-18)12-6-4-11(9-20)5-7-12/h4-8H,19H2,1-3H3,(H3,21,22,23,24). The number of nitrogen functional groups attached to an aromatic ring is 1. The number of hydrogen-bond acceptors (Lipinski definition) is 7. The third-order valence-corrected chi connectivity index (χ3v) is 4.27. The first kappa shape index (κ1) is 18.1. The van der Waals surface area contributed by atoms with Crippen LogP contribution in [0.4, 0.5) is 17.6 Å². The molecule has 3 aromatic rings. The molecular formula is C18H19BN6O2. The summed E-state index contributed by atoms with van der Waals surface area (Å²) in [5, 5.41) is 16.5. The zero-order valence-corrected chi connectivity index (χ0v) is 15.6. The number of aromatic nitrogens is 3. The van der Waals surface area contributed by atoms with Crippen LogP contribution in [-0.4, -0.2) is 36.8 Å². The van der Waals surface area contributed by atoms with Gasteiger partial charge in [0.1, 0.15) is 19.3 Å². The molecule has 0 fully saturated rings. The number of hydrogen-bond donors (Lipinski definition) is 2. The van der Waals surface area contributed by atoms with E-state index in [0.29, 0.717) is 22.9 Å². The maximum atomic E-state index is 8.91. The second kappa shape index (κ2) is 7.29. The second-order valence-corrected chi connectivity index (χ2v) is 5.90. The van der Waals surface area contributed by atoms with Gasteiger partial charge in [0.2, 0.25) is 11.9 Å². The Hall–Kier alpha value is -3.67. The Labute approximate surface area is 157 Å². The fourth-order valence-corrected chi connectivity index (χ4v) is 2.88. The molecule has 0 aliphatic carbocycles. The van der Waals surface area contributed by atoms with E-state index in [1.165, 1.54) is 4.68 Å². The molecular weight excluding hydrogens is 343 g/mol. The lowest BCUT2D eigenvalue weighted by Gasteiger charge is -2.16. The molecule has 0 amide bonds. The molecule has 0 atom stereocenters. The minimum absolute atomic E-state index is 0.228. The van der Waals surface area contributed by atoms with Crippen molar-refractivity contribution in [2.45, 2.75) is 6.92 Å². The van der Waals surface area contributed by atoms with Crippen molar-refractivity contribution >= 4 is 30.9 Å². The van der Waals surface area contributed by atoms with E-state index >= 15 is 0 Å². The highest BCUT2D eigenvalue weighted by Crippen LogP contribution is 2.30. The zero-order valence-electron chi connectivity index (χ0n) is 15.6. The summed E-state index contributed by atoms with van der Waals surface area (Å²) in [5.74, 6) is 2.00. The van der Waals surface area contributed by atoms with Crippen LogP contribution in [0.5, 0.6) is 11.5 Å². The van der Waals surface area contributed by atoms with Gasteiger partial charge in [0.05, 0.1) is 31.5 Å². The summed E-state index contributed by atoms with van der Waals surface area (Å²) in [4.78, 5) is 4.27. The minimum atomic E-state index is 0.228. The number of nitrogens with zero attached hydrogens (tertiary/aromatic N) is 4. The normalized spacial score (nSPS) is 10.3. The van der Waals surface area contributed by atoms with Gasteiger partial charge < -0.3 is 20.5 Å². The van der Waals surface area contributed by atoms with Crippen LogP contribution in [0.2, 0.25) is 0 Å². The number of nitriles is 1. The number of ether oxygens (including phenoxy) is 2. The fourth-order valence-electron chi connectivity index (χ4n) is 2.88. The van der Waals surface area contributed by atoms with Gasteiger partial charge in [-0.05, 0) is 36.7 Å². The molecule has 0 spiro atoms. The molecule has 8 nitrogen and oxygen atoms in total. The van der Waals surface area contributed by atoms with Gasteiger partial charge in [0.15, 0.2) is 0 Å². The third kappa shape index (κ3) is 3.37. The van der Waals surface area contributed by atoms with E-state index in [-0.39, 0.29) is 5.95 Å². The van der Waals surface area contributed by atoms with Crippen molar-refractivity contribution in [3.8, 4) is 23.3 Å². The average Bonchev–Trinajstić information content (AvgIpc) is 3.04. The molecule has 9 heteroatoms. The van der Waals surface area contributed by atoms with Crippen molar-refractivity contribution in [3.63, 3.8) is 0 Å². The molecule has 3 N–H and O–H groups in total. The Kier molecular flexibility index (Phi) is 4.90. The maximum absolute atomic E-state index is 8.91. The van der Waals surface area contributed by atoms with Crippen molar-refractivity contribution in [2.24, 2.45) is 0 Å². The van der Waals surface area contributed by atoms with Crippen molar-refractivity contribution in [1.29, 1.82) is 5.26 Å². The lowest BCUT2D eigenvalue weighted by atomic mass is 9.90. The van der Waals surface area contributed by atoms with Crippen molar-refractivity contribution in [1.82, 2.24) is 14.8 Å². The van der Waals surface area contributed by atoms with E-state index in [0.717, 1.165) is 22.5 Å². The Morgan fingerprint density at radius 1 is 1.22 bits per heavy atom. The van der Waals surface area contributed by atoms with Gasteiger partial charge in [-0.2, -0.15) is 14.9 Å². The highest BCUT2D eigenvalue weighted by molar-refractivity contribution is 6.38. The molecule has 3 rings (SSSR count). The van der Waals surface area contributed by atoms with Crippen LogP contribution in [0.3, 0.4) is 0 Å². The van der Waals surface area contributed by atoms with Crippen LogP contribution < -0.4 is 26.0 Å². The van der Waals surface area contributed by atoms with E-state index in [1.54, 1.807) is 38.5 Å². The molecule has 0 radical (unpaired) electrons. The monoisotopic (exact) mass is 362 g/mol. The third-order valence-electron chi connectivity index (χ3n) is 4.27. The van der Waals surface area contributed by atoms with E-state index in [1.807, 2.05) is 20.8 Å². The quantitative estimate of drug-likeness (QED) is 0.653. The van der Waals surface area contributed by atoms with Crippen molar-refractivity contribution in [3.05, 3.63) is 41.5 Å². The van der Waals surface area contributed by atoms with E-state index in [2.05, 4.69) is 21.5 Å². The molecule has 0 aliphatic rings. The predicted molar refractivity (Wildman–Crippen MR) is 106 cm³/mol. The van der Waals surface area contributed by atoms with Crippen LogP contribution in [0, 0.1) is 18.3 Å². The van der Waals surface area contributed by atoms with Crippen LogP contribution in [0.15, 0.2) is 30.3 Å². The summed E-state index contributed by atoms with van der Waals surface area (Å²) in [6, 6.07) is 10.9. The summed E-state index contributed by atoms with van der Waals surface area (Å²) in [6.45, 7) is 1.93. The van der Waals surface area contributed by atoms with Gasteiger partial charge in [-0.25, -0.2) is 0 Å². The highest BCUT2D eigenvalue weighted by atomic mass is 16.5. The molecule has 0 unspecified atom stereocenters. The number of nitrogens with two attached hydrogens (primary N) is 1. The Morgan fingerprint density at radius 2 is 1.93 bits per heavy atom. The molecule has 136 valence electrons. The first-order chi connectivity index (χ1) is 13.0. The predicted octanol–water partition coefficient (Wildman–Crippen LogP) is 1.05. The average molecular weight is 362 g/mol. The van der Waals surface area contributed by atoms with Gasteiger partial charge in [0, 0.05) is 17.3 Å². The van der Waals surface area contributed by atoms with Crippen molar-refractivity contribution < 1.29 is 9.47 Å². The van der Waals surface area contributed by atoms with Gasteiger partial charge in [-0.15, -0.1) is 5.10 Å². The molecule has 1 heterocycles. The lowest BCUT2D eigenvalue weighted by molar-refractivity contribution is 0.391. The molecule has 1 aromatic heterocycles. The Morgan fingerprint density at radius 3 is 2.52 bits per heavy atom. The topological polar surface area (TPSA) is 111 Å². The molecule has 27 heavy (non-hydrogen) atoms. The Balaban J connectivity index is 1.97. The van der Waals surface area contributed by atoms with Crippen molar-refractivity contribution in [2.75, 3.05) is 25.3 Å². The van der Waals surface area contributed by atoms with E-state index in [4.69, 9.17) is 20.5 Å². The van der Waals surface area contributed by atoms with Crippen LogP contribution >= 0.6 is 0 Å². The van der Waals surface area contributed by atoms with Gasteiger partial charge in [-0.3, -0.25) is 0 Å². The summed E-state index contributed by atoms with van der Waals surface area (Å²) in [7, 11) is 5.17. The van der Waals surface area contributed by atoms with Gasteiger partial charge in [-0.1, -0.05) is 0 Å². The van der Waals surface area contributed by atoms with Gasteiger partial charge in [0.25, 0.3) is 0 Å². The SMILES string of the molecule is Bc1c(Nc2nc(N)n(-c3ccc(C#N)cc3)n2)cc(OC)c(C)c1OC. The second-order valence-electron chi connectivity index (χ2n) is 5.90. The molecule has 2 aromatic carbocycles. The summed E-state index contributed by atoms with van der Waals surface area (Å²) in [6.07, 6.45) is 0. The van der Waals surface area contributed by atoms with Gasteiger partial charge >= 0.3 is 0 Å². The fraction of sp³-hybridized carbons (Fsp3) is 0.167. The summed E-state index contributed by atoms with van der Waals surface area (Å²) in [5.41, 5.74) is 9.86. The van der Waals surface area contributed by atoms with Crippen LogP contribution in [0.1, 0.15) is 11.1 Å². The van der Waals surface area contributed by atoms with E-state index in [9.17, 15) is 0 Å². The number of methoxy groups -OCH3 is 2. The maximum Gasteiger partial charge on any atom is 0.248 e. The number of anilines is 3. The van der Waals surface area contributed by atoms with Crippen LogP contribution in [0.25, 0.3) is 5.69 Å². The molecule has 0 saturated heterocycles.